The van der Waals surface area contributed by atoms with E-state index in [9.17, 15) is 17.6 Å². The molecule has 11 heteroatoms. The van der Waals surface area contributed by atoms with Crippen molar-refractivity contribution in [1.29, 1.82) is 0 Å². The van der Waals surface area contributed by atoms with E-state index >= 15 is 0 Å². The van der Waals surface area contributed by atoms with Crippen LogP contribution in [0.3, 0.4) is 0 Å². The maximum absolute atomic E-state index is 14.2. The van der Waals surface area contributed by atoms with Crippen LogP contribution in [0.15, 0.2) is 76.8 Å². The van der Waals surface area contributed by atoms with E-state index in [1.54, 1.807) is 46.7 Å². The molecule has 2 fully saturated rings. The Balaban J connectivity index is 1.25. The molecule has 0 saturated carbocycles. The number of fused-ring (bicyclic) bond motifs is 2. The first-order chi connectivity index (χ1) is 19.8. The Kier molecular flexibility index (Phi) is 6.40. The fourth-order valence-electron chi connectivity index (χ4n) is 6.30. The van der Waals surface area contributed by atoms with Gasteiger partial charge >= 0.3 is 0 Å². The van der Waals surface area contributed by atoms with E-state index in [2.05, 4.69) is 15.0 Å². The molecule has 7 rings (SSSR count). The number of anilines is 1. The van der Waals surface area contributed by atoms with Gasteiger partial charge in [0.05, 0.1) is 27.9 Å². The molecule has 4 heterocycles. The third-order valence-electron chi connectivity index (χ3n) is 8.46. The zero-order chi connectivity index (χ0) is 28.2. The van der Waals surface area contributed by atoms with Crippen molar-refractivity contribution in [2.75, 3.05) is 31.1 Å². The maximum Gasteiger partial charge on any atom is 0.243 e. The quantitative estimate of drug-likeness (QED) is 0.295. The van der Waals surface area contributed by atoms with Gasteiger partial charge in [-0.1, -0.05) is 5.57 Å². The van der Waals surface area contributed by atoms with Gasteiger partial charge in [-0.25, -0.2) is 22.5 Å². The SMILES string of the molecule is O=C(c1nccs1)[C@]12Cc3cnn(-c4ccc(F)cc4)c3C=C1CCN(S(=O)(=O)c1ccc(N3CCCC3)cc1)C2. The van der Waals surface area contributed by atoms with E-state index in [4.69, 9.17) is 0 Å². The Morgan fingerprint density at radius 2 is 1.71 bits per heavy atom. The minimum atomic E-state index is -3.85. The van der Waals surface area contributed by atoms with Gasteiger partial charge in [-0.3, -0.25) is 4.79 Å². The highest BCUT2D eigenvalue weighted by Crippen LogP contribution is 2.47. The number of sulfonamides is 1. The molecular formula is C30H28FN5O3S2. The van der Waals surface area contributed by atoms with Gasteiger partial charge in [0.2, 0.25) is 15.8 Å². The average Bonchev–Trinajstić information content (AvgIpc) is 3.78. The molecule has 2 aliphatic heterocycles. The summed E-state index contributed by atoms with van der Waals surface area (Å²) in [5.74, 6) is -0.510. The summed E-state index contributed by atoms with van der Waals surface area (Å²) in [6, 6.07) is 13.2. The fourth-order valence-corrected chi connectivity index (χ4v) is 8.48. The highest BCUT2D eigenvalue weighted by atomic mass is 32.2. The van der Waals surface area contributed by atoms with E-state index in [1.165, 1.54) is 27.8 Å². The van der Waals surface area contributed by atoms with Gasteiger partial charge < -0.3 is 4.90 Å². The number of piperidine rings is 1. The summed E-state index contributed by atoms with van der Waals surface area (Å²) in [4.78, 5) is 20.9. The average molecular weight is 590 g/mol. The topological polar surface area (TPSA) is 88.4 Å². The van der Waals surface area contributed by atoms with Crippen LogP contribution in [0.25, 0.3) is 11.8 Å². The van der Waals surface area contributed by atoms with Gasteiger partial charge in [-0.05, 0) is 85.9 Å². The molecule has 0 bridgehead atoms. The van der Waals surface area contributed by atoms with Crippen molar-refractivity contribution in [2.45, 2.75) is 30.6 Å². The number of nitrogens with zero attached hydrogens (tertiary/aromatic N) is 5. The summed E-state index contributed by atoms with van der Waals surface area (Å²) in [7, 11) is -3.85. The molecule has 0 amide bonds. The Morgan fingerprint density at radius 3 is 2.41 bits per heavy atom. The number of benzene rings is 2. The molecule has 210 valence electrons. The van der Waals surface area contributed by atoms with Crippen LogP contribution >= 0.6 is 11.3 Å². The minimum Gasteiger partial charge on any atom is -0.372 e. The van der Waals surface area contributed by atoms with Gasteiger partial charge in [-0.15, -0.1) is 11.3 Å². The normalized spacial score (nSPS) is 20.9. The summed E-state index contributed by atoms with van der Waals surface area (Å²) in [5.41, 5.74) is 3.16. The molecule has 2 aromatic heterocycles. The zero-order valence-corrected chi connectivity index (χ0v) is 23.9. The second-order valence-electron chi connectivity index (χ2n) is 10.8. The number of halogens is 1. The number of Topliss-reactive ketones (excluding diaryl/α,β-unsaturated/α-hetero) is 1. The summed E-state index contributed by atoms with van der Waals surface area (Å²) >= 11 is 1.26. The van der Waals surface area contributed by atoms with Crippen LogP contribution in [0.1, 0.15) is 40.3 Å². The first-order valence-corrected chi connectivity index (χ1v) is 16.0. The predicted molar refractivity (Wildman–Crippen MR) is 155 cm³/mol. The monoisotopic (exact) mass is 589 g/mol. The molecule has 0 N–H and O–H groups in total. The first-order valence-electron chi connectivity index (χ1n) is 13.7. The maximum atomic E-state index is 14.2. The molecule has 2 aromatic carbocycles. The second-order valence-corrected chi connectivity index (χ2v) is 13.6. The molecule has 0 unspecified atom stereocenters. The van der Waals surface area contributed by atoms with Crippen LogP contribution < -0.4 is 4.90 Å². The predicted octanol–water partition coefficient (Wildman–Crippen LogP) is 4.97. The van der Waals surface area contributed by atoms with Gasteiger partial charge in [0.15, 0.2) is 5.01 Å². The van der Waals surface area contributed by atoms with E-state index in [1.807, 2.05) is 18.2 Å². The number of ketones is 1. The first kappa shape index (κ1) is 26.2. The number of carbonyl (C=O) groups excluding carboxylic acids is 1. The van der Waals surface area contributed by atoms with Crippen molar-refractivity contribution in [3.63, 3.8) is 0 Å². The minimum absolute atomic E-state index is 0.0224. The van der Waals surface area contributed by atoms with Crippen LogP contribution in [0.4, 0.5) is 10.1 Å². The van der Waals surface area contributed by atoms with Gasteiger partial charge in [0, 0.05) is 43.4 Å². The Bertz CT molecular complexity index is 1740. The third-order valence-corrected chi connectivity index (χ3v) is 11.1. The Labute approximate surface area is 241 Å². The lowest BCUT2D eigenvalue weighted by Gasteiger charge is -2.44. The van der Waals surface area contributed by atoms with Crippen molar-refractivity contribution < 1.29 is 17.6 Å². The lowest BCUT2D eigenvalue weighted by Crippen LogP contribution is -2.53. The number of carbonyl (C=O) groups is 1. The summed E-state index contributed by atoms with van der Waals surface area (Å²) in [6.45, 7) is 2.24. The summed E-state index contributed by atoms with van der Waals surface area (Å²) < 4.78 is 44.6. The van der Waals surface area contributed by atoms with Crippen molar-refractivity contribution >= 4 is 38.9 Å². The number of hydrogen-bond donors (Lipinski definition) is 0. The van der Waals surface area contributed by atoms with Crippen molar-refractivity contribution in [2.24, 2.45) is 5.41 Å². The van der Waals surface area contributed by atoms with Crippen LogP contribution in [-0.2, 0) is 16.4 Å². The van der Waals surface area contributed by atoms with E-state index in [-0.39, 0.29) is 29.6 Å². The van der Waals surface area contributed by atoms with E-state index < -0.39 is 15.4 Å². The van der Waals surface area contributed by atoms with Crippen LogP contribution in [0.5, 0.6) is 0 Å². The molecular weight excluding hydrogens is 561 g/mol. The van der Waals surface area contributed by atoms with Gasteiger partial charge in [0.25, 0.3) is 0 Å². The molecule has 3 aliphatic rings. The molecule has 0 spiro atoms. The van der Waals surface area contributed by atoms with E-state index in [0.29, 0.717) is 23.5 Å². The highest BCUT2D eigenvalue weighted by Gasteiger charge is 2.51. The molecule has 4 aromatic rings. The molecule has 2 saturated heterocycles. The Morgan fingerprint density at radius 1 is 0.976 bits per heavy atom. The second kappa shape index (κ2) is 10.0. The fraction of sp³-hybridized carbons (Fsp3) is 0.300. The Hall–Kier alpha value is -3.67. The zero-order valence-electron chi connectivity index (χ0n) is 22.2. The molecule has 1 atom stereocenters. The van der Waals surface area contributed by atoms with Crippen molar-refractivity contribution in [1.82, 2.24) is 19.1 Å². The summed E-state index contributed by atoms with van der Waals surface area (Å²) in [6.07, 6.45) is 8.26. The molecule has 1 aliphatic carbocycles. The third kappa shape index (κ3) is 4.43. The van der Waals surface area contributed by atoms with Crippen molar-refractivity contribution in [3.8, 4) is 5.69 Å². The summed E-state index contributed by atoms with van der Waals surface area (Å²) in [5, 5.41) is 6.67. The van der Waals surface area contributed by atoms with E-state index in [0.717, 1.165) is 48.4 Å². The molecule has 8 nitrogen and oxygen atoms in total. The smallest absolute Gasteiger partial charge is 0.243 e. The lowest BCUT2D eigenvalue weighted by molar-refractivity contribution is 0.0775. The highest BCUT2D eigenvalue weighted by molar-refractivity contribution is 7.89. The lowest BCUT2D eigenvalue weighted by atomic mass is 9.66. The van der Waals surface area contributed by atoms with Gasteiger partial charge in [0.1, 0.15) is 5.82 Å². The number of hydrogen-bond acceptors (Lipinski definition) is 7. The molecule has 0 radical (unpaired) electrons. The molecule has 41 heavy (non-hydrogen) atoms. The standard InChI is InChI=1S/C30H28FN5O3S2/c31-23-3-5-25(6-4-23)36-27-17-22-11-15-35(41(38,39)26-9-7-24(8-10-26)34-13-1-2-14-34)20-30(22,18-21(27)19-33-36)28(37)29-32-12-16-40-29/h3-10,12,16-17,19H,1-2,11,13-15,18,20H2/t30-/m0/s1. The van der Waals surface area contributed by atoms with Gasteiger partial charge in [-0.2, -0.15) is 9.40 Å². The van der Waals surface area contributed by atoms with Crippen LogP contribution in [0.2, 0.25) is 0 Å². The van der Waals surface area contributed by atoms with Crippen LogP contribution in [0, 0.1) is 11.2 Å². The van der Waals surface area contributed by atoms with Crippen molar-refractivity contribution in [3.05, 3.63) is 94.0 Å². The number of rotatable bonds is 6. The van der Waals surface area contributed by atoms with Crippen LogP contribution in [-0.4, -0.2) is 59.4 Å². The number of thiazole rings is 1. The largest absolute Gasteiger partial charge is 0.372 e. The number of aromatic nitrogens is 3.